The maximum Gasteiger partial charge on any atom is 0.308 e. The molecule has 2 bridgehead atoms. The number of allylic oxidation sites excluding steroid dienone is 12. The summed E-state index contributed by atoms with van der Waals surface area (Å²) in [6.45, 7) is 7.91. The minimum atomic E-state index is -2.32. The van der Waals surface area contributed by atoms with Gasteiger partial charge in [0.15, 0.2) is 12.1 Å². The number of carbonyl (C=O) groups is 3. The Hall–Kier alpha value is -4.05. The van der Waals surface area contributed by atoms with Crippen LogP contribution >= 0.6 is 0 Å². The first kappa shape index (κ1) is 69.2. The van der Waals surface area contributed by atoms with Crippen LogP contribution in [0.4, 0.5) is 0 Å². The fraction of sp³-hybridized carbons (Fsp3) is 0.702. The SMILES string of the molecule is C[C@@H]1[C@H](O)[C@@H](C)/C=C/C=C/C=C/C=C/C=C/C=C/C=C/[C@H](O[C@@H]2O[C@H](C)[C@@H](O)[C@H](NC(=O)C(N)CCCN)[C@@H]2O)C[C@@H]2O[C@](O)(C[C@@H](O)C[C@@H](O)[C@H](O)CC[C@@H](O)C[C@@H](O)CC(=O)O[C@H]1C)C[C@H](O)[C@H]2C(=O)NCCCN(C)C. The van der Waals surface area contributed by atoms with Gasteiger partial charge >= 0.3 is 5.97 Å². The second kappa shape index (κ2) is 35.7. The van der Waals surface area contributed by atoms with Crippen LogP contribution in [0.3, 0.4) is 0 Å². The Bertz CT molecular complexity index is 2020. The molecule has 2 amide bonds. The number of nitrogens with zero attached hydrogens (tertiary/aromatic N) is 1. The van der Waals surface area contributed by atoms with Crippen molar-refractivity contribution in [2.45, 2.75) is 202 Å². The van der Waals surface area contributed by atoms with Crippen LogP contribution in [0.25, 0.3) is 0 Å². The van der Waals surface area contributed by atoms with E-state index in [0.29, 0.717) is 25.9 Å². The highest BCUT2D eigenvalue weighted by Gasteiger charge is 2.51. The van der Waals surface area contributed by atoms with Crippen molar-refractivity contribution in [1.29, 1.82) is 0 Å². The highest BCUT2D eigenvalue weighted by Crippen LogP contribution is 2.38. The number of hydrogen-bond acceptors (Lipinski definition) is 20. The van der Waals surface area contributed by atoms with Gasteiger partial charge in [-0.1, -0.05) is 98.9 Å². The molecule has 0 spiro atoms. The van der Waals surface area contributed by atoms with E-state index in [1.54, 1.807) is 74.6 Å². The van der Waals surface area contributed by atoms with Crippen molar-refractivity contribution in [3.63, 3.8) is 0 Å². The lowest BCUT2D eigenvalue weighted by molar-refractivity contribution is -0.307. The molecule has 0 aliphatic carbocycles. The molecule has 1 unspecified atom stereocenters. The molecule has 3 aliphatic rings. The van der Waals surface area contributed by atoms with Gasteiger partial charge in [0.1, 0.15) is 18.3 Å². The number of amides is 2. The van der Waals surface area contributed by atoms with Crippen LogP contribution in [0.1, 0.15) is 98.3 Å². The summed E-state index contributed by atoms with van der Waals surface area (Å²) in [5, 5.41) is 117. The summed E-state index contributed by atoms with van der Waals surface area (Å²) in [5.41, 5.74) is 11.7. The number of fused-ring (bicyclic) bond motifs is 2. The van der Waals surface area contributed by atoms with Gasteiger partial charge in [-0.3, -0.25) is 14.4 Å². The lowest BCUT2D eigenvalue weighted by Crippen LogP contribution is -2.65. The quantitative estimate of drug-likeness (QED) is 0.0897. The van der Waals surface area contributed by atoms with Gasteiger partial charge in [0.2, 0.25) is 11.8 Å². The lowest BCUT2D eigenvalue weighted by Gasteiger charge is -2.46. The summed E-state index contributed by atoms with van der Waals surface area (Å²) in [4.78, 5) is 41.8. The lowest BCUT2D eigenvalue weighted by atomic mass is 9.82. The predicted octanol–water partition coefficient (Wildman–Crippen LogP) is -0.0813. The molecule has 22 heteroatoms. The molecule has 79 heavy (non-hydrogen) atoms. The van der Waals surface area contributed by atoms with Crippen molar-refractivity contribution < 1.29 is 84.4 Å². The highest BCUT2D eigenvalue weighted by molar-refractivity contribution is 5.82. The van der Waals surface area contributed by atoms with Gasteiger partial charge in [-0.2, -0.15) is 0 Å². The van der Waals surface area contributed by atoms with Gasteiger partial charge < -0.3 is 97.0 Å². The van der Waals surface area contributed by atoms with E-state index < -0.39 is 159 Å². The molecule has 0 radical (unpaired) electrons. The van der Waals surface area contributed by atoms with E-state index in [9.17, 15) is 65.4 Å². The van der Waals surface area contributed by atoms with Crippen LogP contribution in [0, 0.1) is 17.8 Å². The second-order valence-electron chi connectivity index (χ2n) is 21.7. The summed E-state index contributed by atoms with van der Waals surface area (Å²) < 4.78 is 24.2. The molecule has 2 saturated heterocycles. The molecule has 2 fully saturated rings. The van der Waals surface area contributed by atoms with Gasteiger partial charge in [-0.15, -0.1) is 0 Å². The fourth-order valence-corrected chi connectivity index (χ4v) is 9.59. The molecular weight excluding hydrogens is 1030 g/mol. The Morgan fingerprint density at radius 3 is 1.95 bits per heavy atom. The monoisotopic (exact) mass is 1120 g/mol. The predicted molar refractivity (Wildman–Crippen MR) is 296 cm³/mol. The standard InChI is InChI=1S/C57H95N5O17/c1-35-21-17-15-13-11-9-7-8-10-12-14-16-18-22-42(78-56-53(72)50(52(71)38(4)77-56)61-54(73)43(59)23-19-26-58)32-47-49(55(74)60-27-20-28-62(5)6)46(68)34-57(75,79-47)33-41(65)30-45(67)44(66)25-24-39(63)29-40(64)31-48(69)76-37(3)36(2)51(35)70/h7-18,21-22,35-47,49-53,56,63-68,70-72,75H,19-20,23-34,58-59H2,1-6H3,(H,60,74)(H,61,73)/b8-7+,11-9+,12-10+,15-13+,16-14+,21-17+,22-18+/t35-,36-,37-,38+,39+,40+,41-,42-,43?,44+,45+,46-,47-,49+,50-,51+,52+,53-,56-,57+/m0/s1. The second-order valence-corrected chi connectivity index (χ2v) is 21.7. The number of carbonyl (C=O) groups excluding carboxylic acids is 3. The third kappa shape index (κ3) is 24.9. The Balaban J connectivity index is 2.00. The zero-order chi connectivity index (χ0) is 58.8. The minimum absolute atomic E-state index is 0.112. The summed E-state index contributed by atoms with van der Waals surface area (Å²) >= 11 is 0. The average Bonchev–Trinajstić information content (AvgIpc) is 3.44. The first-order valence-electron chi connectivity index (χ1n) is 27.8. The number of ether oxygens (including phenoxy) is 4. The van der Waals surface area contributed by atoms with E-state index in [0.717, 1.165) is 0 Å². The van der Waals surface area contributed by atoms with Crippen molar-refractivity contribution in [3.8, 4) is 0 Å². The Morgan fingerprint density at radius 1 is 0.734 bits per heavy atom. The molecule has 22 nitrogen and oxygen atoms in total. The van der Waals surface area contributed by atoms with Crippen LogP contribution in [0.2, 0.25) is 0 Å². The van der Waals surface area contributed by atoms with Gasteiger partial charge in [0.05, 0.1) is 85.5 Å². The minimum Gasteiger partial charge on any atom is -0.462 e. The summed E-state index contributed by atoms with van der Waals surface area (Å²) in [6.07, 6.45) is 4.56. The van der Waals surface area contributed by atoms with Crippen LogP contribution in [0.5, 0.6) is 0 Å². The van der Waals surface area contributed by atoms with Crippen molar-refractivity contribution in [2.75, 3.05) is 33.7 Å². The molecule has 16 N–H and O–H groups in total. The summed E-state index contributed by atoms with van der Waals surface area (Å²) in [7, 11) is 3.76. The zero-order valence-electron chi connectivity index (χ0n) is 46.9. The molecule has 3 rings (SSSR count). The van der Waals surface area contributed by atoms with Crippen molar-refractivity contribution in [1.82, 2.24) is 15.5 Å². The third-order valence-corrected chi connectivity index (χ3v) is 14.4. The number of aliphatic hydroxyl groups excluding tert-OH is 9. The number of hydrogen-bond donors (Lipinski definition) is 14. The molecule has 0 aromatic carbocycles. The number of esters is 1. The van der Waals surface area contributed by atoms with E-state index in [4.69, 9.17) is 30.4 Å². The largest absolute Gasteiger partial charge is 0.462 e. The van der Waals surface area contributed by atoms with E-state index in [1.165, 1.54) is 6.92 Å². The number of nitrogens with one attached hydrogen (secondary N) is 2. The molecule has 0 aromatic rings. The summed E-state index contributed by atoms with van der Waals surface area (Å²) in [5.74, 6) is -6.37. The molecule has 0 aromatic heterocycles. The topological polar surface area (TPSA) is 370 Å². The van der Waals surface area contributed by atoms with Crippen molar-refractivity contribution in [3.05, 3.63) is 85.1 Å². The van der Waals surface area contributed by atoms with Crippen molar-refractivity contribution >= 4 is 17.8 Å². The van der Waals surface area contributed by atoms with E-state index in [-0.39, 0.29) is 44.6 Å². The Labute approximate surface area is 466 Å². The van der Waals surface area contributed by atoms with Crippen LogP contribution in [-0.2, 0) is 33.3 Å². The summed E-state index contributed by atoms with van der Waals surface area (Å²) in [6, 6.07) is -2.29. The van der Waals surface area contributed by atoms with Crippen molar-refractivity contribution in [2.24, 2.45) is 29.2 Å². The zero-order valence-corrected chi connectivity index (χ0v) is 46.9. The van der Waals surface area contributed by atoms with Crippen LogP contribution in [-0.4, -0.2) is 211 Å². The number of aliphatic hydroxyl groups is 10. The third-order valence-electron chi connectivity index (χ3n) is 14.4. The first-order chi connectivity index (χ1) is 37.4. The van der Waals surface area contributed by atoms with Gasteiger partial charge in [-0.05, 0) is 79.6 Å². The number of rotatable bonds is 12. The van der Waals surface area contributed by atoms with E-state index in [2.05, 4.69) is 10.6 Å². The Morgan fingerprint density at radius 2 is 1.34 bits per heavy atom. The molecule has 0 saturated carbocycles. The van der Waals surface area contributed by atoms with Gasteiger partial charge in [0.25, 0.3) is 0 Å². The van der Waals surface area contributed by atoms with Gasteiger partial charge in [0, 0.05) is 44.1 Å². The molecule has 20 atom stereocenters. The normalized spacial score (nSPS) is 39.9. The molecular formula is C57H95N5O17. The highest BCUT2D eigenvalue weighted by atomic mass is 16.7. The molecule has 450 valence electrons. The van der Waals surface area contributed by atoms with E-state index >= 15 is 0 Å². The fourth-order valence-electron chi connectivity index (χ4n) is 9.59. The number of nitrogens with two attached hydrogens (primary N) is 2. The van der Waals surface area contributed by atoms with Crippen LogP contribution < -0.4 is 22.1 Å². The average molecular weight is 1120 g/mol. The maximum atomic E-state index is 14.0. The number of cyclic esters (lactones) is 1. The van der Waals surface area contributed by atoms with E-state index in [1.807, 2.05) is 50.2 Å². The Kier molecular flexibility index (Phi) is 31.3. The maximum absolute atomic E-state index is 14.0. The molecule has 3 heterocycles. The first-order valence-corrected chi connectivity index (χ1v) is 27.8. The van der Waals surface area contributed by atoms with Gasteiger partial charge in [-0.25, -0.2) is 0 Å². The smallest absolute Gasteiger partial charge is 0.308 e. The molecule has 3 aliphatic heterocycles. The van der Waals surface area contributed by atoms with Crippen LogP contribution in [0.15, 0.2) is 85.1 Å².